The van der Waals surface area contributed by atoms with Crippen molar-refractivity contribution in [3.8, 4) is 0 Å². The Hall–Kier alpha value is -2.21. The van der Waals surface area contributed by atoms with Crippen LogP contribution in [0.5, 0.6) is 0 Å². The maximum atomic E-state index is 12.1. The van der Waals surface area contributed by atoms with Gasteiger partial charge in [0.1, 0.15) is 0 Å². The van der Waals surface area contributed by atoms with Crippen LogP contribution in [0.3, 0.4) is 0 Å². The summed E-state index contributed by atoms with van der Waals surface area (Å²) in [4.78, 5) is 18.8. The smallest absolute Gasteiger partial charge is 0.226 e. The number of piperidine rings is 1. The average molecular weight is 356 g/mol. The van der Waals surface area contributed by atoms with Crippen molar-refractivity contribution < 1.29 is 9.32 Å². The van der Waals surface area contributed by atoms with Gasteiger partial charge in [0, 0.05) is 38.5 Å². The molecule has 0 unspecified atom stereocenters. The molecule has 0 spiro atoms. The lowest BCUT2D eigenvalue weighted by Gasteiger charge is -2.32. The molecule has 1 N–H and O–H groups in total. The van der Waals surface area contributed by atoms with Gasteiger partial charge in [-0.2, -0.15) is 4.98 Å². The lowest BCUT2D eigenvalue weighted by atomic mass is 10.0. The molecule has 140 valence electrons. The first kappa shape index (κ1) is 18.6. The molecule has 2 heterocycles. The first-order valence-electron chi connectivity index (χ1n) is 9.45. The molecule has 26 heavy (non-hydrogen) atoms. The van der Waals surface area contributed by atoms with Gasteiger partial charge in [0.2, 0.25) is 11.8 Å². The second-order valence-electron chi connectivity index (χ2n) is 7.13. The molecule has 2 aromatic rings. The molecule has 0 atom stereocenters. The highest BCUT2D eigenvalue weighted by Gasteiger charge is 2.21. The third-order valence-electron chi connectivity index (χ3n) is 4.97. The summed E-state index contributed by atoms with van der Waals surface area (Å²) in [6.45, 7) is 7.02. The van der Waals surface area contributed by atoms with Gasteiger partial charge in [0.25, 0.3) is 0 Å². The molecule has 1 aliphatic rings. The molecule has 3 rings (SSSR count). The summed E-state index contributed by atoms with van der Waals surface area (Å²) >= 11 is 0. The number of rotatable bonds is 7. The molecule has 0 radical (unpaired) electrons. The van der Waals surface area contributed by atoms with Crippen molar-refractivity contribution in [1.82, 2.24) is 20.4 Å². The highest BCUT2D eigenvalue weighted by Crippen LogP contribution is 2.16. The molecule has 6 nitrogen and oxygen atoms in total. The molecule has 1 aromatic heterocycles. The Bertz CT molecular complexity index is 720. The van der Waals surface area contributed by atoms with Crippen molar-refractivity contribution in [2.75, 3.05) is 13.1 Å². The minimum atomic E-state index is 0.124. The van der Waals surface area contributed by atoms with Gasteiger partial charge >= 0.3 is 0 Å². The van der Waals surface area contributed by atoms with E-state index in [4.69, 9.17) is 4.52 Å². The number of carbonyl (C=O) groups is 1. The van der Waals surface area contributed by atoms with Crippen LogP contribution >= 0.6 is 0 Å². The Morgan fingerprint density at radius 1 is 1.27 bits per heavy atom. The van der Waals surface area contributed by atoms with Crippen molar-refractivity contribution in [3.63, 3.8) is 0 Å². The molecule has 0 saturated carbocycles. The van der Waals surface area contributed by atoms with E-state index in [-0.39, 0.29) is 5.91 Å². The van der Waals surface area contributed by atoms with Crippen LogP contribution in [0.15, 0.2) is 28.8 Å². The predicted molar refractivity (Wildman–Crippen MR) is 99.6 cm³/mol. The molecule has 6 heteroatoms. The first-order chi connectivity index (χ1) is 12.6. The van der Waals surface area contributed by atoms with Gasteiger partial charge in [-0.3, -0.25) is 9.69 Å². The van der Waals surface area contributed by atoms with Crippen LogP contribution in [-0.4, -0.2) is 40.1 Å². The molecule has 0 bridgehead atoms. The van der Waals surface area contributed by atoms with Crippen LogP contribution in [0.4, 0.5) is 0 Å². The standard InChI is InChI=1S/C20H28N4O2/c1-15-6-3-4-7-17(15)14-24-12-10-18(11-13-24)22-19(25)8-5-9-20-21-16(2)23-26-20/h3-4,6-7,18H,5,8-14H2,1-2H3,(H,22,25). The fraction of sp³-hybridized carbons (Fsp3) is 0.550. The van der Waals surface area contributed by atoms with E-state index in [2.05, 4.69) is 51.5 Å². The van der Waals surface area contributed by atoms with Gasteiger partial charge in [-0.1, -0.05) is 29.4 Å². The van der Waals surface area contributed by atoms with Gasteiger partial charge in [0.15, 0.2) is 5.82 Å². The first-order valence-corrected chi connectivity index (χ1v) is 9.45. The maximum Gasteiger partial charge on any atom is 0.226 e. The lowest BCUT2D eigenvalue weighted by molar-refractivity contribution is -0.122. The summed E-state index contributed by atoms with van der Waals surface area (Å²) in [5.41, 5.74) is 2.74. The summed E-state index contributed by atoms with van der Waals surface area (Å²) in [6, 6.07) is 8.85. The second-order valence-corrected chi connectivity index (χ2v) is 7.13. The monoisotopic (exact) mass is 356 g/mol. The van der Waals surface area contributed by atoms with Gasteiger partial charge in [-0.05, 0) is 44.2 Å². The third-order valence-corrected chi connectivity index (χ3v) is 4.97. The molecule has 1 saturated heterocycles. The van der Waals surface area contributed by atoms with Gasteiger partial charge in [0.05, 0.1) is 0 Å². The zero-order valence-corrected chi connectivity index (χ0v) is 15.7. The van der Waals surface area contributed by atoms with Crippen molar-refractivity contribution in [2.24, 2.45) is 0 Å². The van der Waals surface area contributed by atoms with E-state index in [9.17, 15) is 4.79 Å². The number of nitrogens with one attached hydrogen (secondary N) is 1. The number of aromatic nitrogens is 2. The Morgan fingerprint density at radius 3 is 2.73 bits per heavy atom. The lowest BCUT2D eigenvalue weighted by Crippen LogP contribution is -2.44. The number of hydrogen-bond donors (Lipinski definition) is 1. The molecular formula is C20H28N4O2. The number of aryl methyl sites for hydroxylation is 3. The number of amides is 1. The molecular weight excluding hydrogens is 328 g/mol. The van der Waals surface area contributed by atoms with Gasteiger partial charge < -0.3 is 9.84 Å². The zero-order valence-electron chi connectivity index (χ0n) is 15.7. The molecule has 1 aliphatic heterocycles. The number of benzene rings is 1. The Kier molecular flexibility index (Phi) is 6.39. The largest absolute Gasteiger partial charge is 0.353 e. The second kappa shape index (κ2) is 8.94. The van der Waals surface area contributed by atoms with Gasteiger partial charge in [-0.15, -0.1) is 0 Å². The van der Waals surface area contributed by atoms with E-state index in [0.29, 0.717) is 30.6 Å². The fourth-order valence-corrected chi connectivity index (χ4v) is 3.41. The van der Waals surface area contributed by atoms with Crippen LogP contribution in [0.1, 0.15) is 48.5 Å². The number of likely N-dealkylation sites (tertiary alicyclic amines) is 1. The van der Waals surface area contributed by atoms with Crippen molar-refractivity contribution in [1.29, 1.82) is 0 Å². The molecule has 0 aliphatic carbocycles. The van der Waals surface area contributed by atoms with Crippen LogP contribution in [0.2, 0.25) is 0 Å². The molecule has 1 aromatic carbocycles. The Morgan fingerprint density at radius 2 is 2.04 bits per heavy atom. The Balaban J connectivity index is 1.34. The van der Waals surface area contributed by atoms with Crippen molar-refractivity contribution in [3.05, 3.63) is 47.1 Å². The van der Waals surface area contributed by atoms with Crippen LogP contribution in [-0.2, 0) is 17.8 Å². The van der Waals surface area contributed by atoms with E-state index in [1.807, 2.05) is 0 Å². The quantitative estimate of drug-likeness (QED) is 0.826. The predicted octanol–water partition coefficient (Wildman–Crippen LogP) is 2.79. The van der Waals surface area contributed by atoms with Crippen LogP contribution in [0.25, 0.3) is 0 Å². The minimum absolute atomic E-state index is 0.124. The number of nitrogens with zero attached hydrogens (tertiary/aromatic N) is 3. The summed E-state index contributed by atoms with van der Waals surface area (Å²) in [5, 5.41) is 6.93. The normalized spacial score (nSPS) is 15.9. The fourth-order valence-electron chi connectivity index (χ4n) is 3.41. The van der Waals surface area contributed by atoms with Crippen LogP contribution in [0, 0.1) is 13.8 Å². The molecule has 1 amide bonds. The Labute approximate surface area is 155 Å². The summed E-state index contributed by atoms with van der Waals surface area (Å²) < 4.78 is 5.07. The van der Waals surface area contributed by atoms with Crippen molar-refractivity contribution in [2.45, 2.75) is 58.5 Å². The summed E-state index contributed by atoms with van der Waals surface area (Å²) in [7, 11) is 0. The van der Waals surface area contributed by atoms with Gasteiger partial charge in [-0.25, -0.2) is 0 Å². The molecule has 1 fully saturated rings. The van der Waals surface area contributed by atoms with E-state index in [0.717, 1.165) is 38.9 Å². The summed E-state index contributed by atoms with van der Waals surface area (Å²) in [6.07, 6.45) is 3.93. The van der Waals surface area contributed by atoms with E-state index < -0.39 is 0 Å². The number of hydrogen-bond acceptors (Lipinski definition) is 5. The highest BCUT2D eigenvalue weighted by atomic mass is 16.5. The van der Waals surface area contributed by atoms with E-state index >= 15 is 0 Å². The SMILES string of the molecule is Cc1noc(CCCC(=O)NC2CCN(Cc3ccccc3C)CC2)n1. The zero-order chi connectivity index (χ0) is 18.4. The maximum absolute atomic E-state index is 12.1. The third kappa shape index (κ3) is 5.39. The van der Waals surface area contributed by atoms with E-state index in [1.165, 1.54) is 11.1 Å². The average Bonchev–Trinajstić information content (AvgIpc) is 3.04. The summed E-state index contributed by atoms with van der Waals surface area (Å²) in [5.74, 6) is 1.38. The van der Waals surface area contributed by atoms with E-state index in [1.54, 1.807) is 6.92 Å². The van der Waals surface area contributed by atoms with Crippen LogP contribution < -0.4 is 5.32 Å². The van der Waals surface area contributed by atoms with Crippen molar-refractivity contribution >= 4 is 5.91 Å². The topological polar surface area (TPSA) is 71.3 Å². The number of carbonyl (C=O) groups excluding carboxylic acids is 1. The minimum Gasteiger partial charge on any atom is -0.353 e. The highest BCUT2D eigenvalue weighted by molar-refractivity contribution is 5.76.